The maximum atomic E-state index is 15.8. The van der Waals surface area contributed by atoms with E-state index < -0.39 is 36.3 Å². The van der Waals surface area contributed by atoms with Gasteiger partial charge >= 0.3 is 25.2 Å². The fourth-order valence-electron chi connectivity index (χ4n) is 7.93. The molecule has 3 aromatic heterocycles. The molecular formula is C44H31BF8N2S2. The minimum absolute atomic E-state index is 0.106. The summed E-state index contributed by atoms with van der Waals surface area (Å²) in [5.41, 5.74) is 1.34. The number of nitrogens with zero attached hydrogens (tertiary/aromatic N) is 2. The second kappa shape index (κ2) is 13.7. The van der Waals surface area contributed by atoms with Gasteiger partial charge in [-0.25, -0.2) is 0 Å². The first-order valence-corrected chi connectivity index (χ1v) is 19.6. The van der Waals surface area contributed by atoms with Gasteiger partial charge in [-0.05, 0) is 92.7 Å². The molecule has 0 N–H and O–H groups in total. The van der Waals surface area contributed by atoms with Crippen LogP contribution >= 0.6 is 22.7 Å². The van der Waals surface area contributed by atoms with Crippen LogP contribution in [0, 0.1) is 25.7 Å². The quantitative estimate of drug-likeness (QED) is 0.0905. The van der Waals surface area contributed by atoms with Crippen LogP contribution in [0.4, 0.5) is 35.0 Å². The summed E-state index contributed by atoms with van der Waals surface area (Å²) in [6.07, 6.45) is 2.43. The van der Waals surface area contributed by atoms with Gasteiger partial charge < -0.3 is 4.48 Å². The topological polar surface area (TPSA) is 17.3 Å². The van der Waals surface area contributed by atoms with Gasteiger partial charge in [-0.2, -0.15) is 26.3 Å². The molecule has 0 fully saturated rings. The summed E-state index contributed by atoms with van der Waals surface area (Å²) in [6, 6.07) is 21.0. The highest BCUT2D eigenvalue weighted by Crippen LogP contribution is 2.66. The van der Waals surface area contributed by atoms with E-state index in [4.69, 9.17) is 0 Å². The van der Waals surface area contributed by atoms with Crippen LogP contribution in [0.1, 0.15) is 65.0 Å². The first-order valence-electron chi connectivity index (χ1n) is 18.0. The smallest absolute Gasteiger partial charge is 0.318 e. The van der Waals surface area contributed by atoms with E-state index in [9.17, 15) is 8.63 Å². The van der Waals surface area contributed by atoms with Crippen molar-refractivity contribution in [1.29, 1.82) is 0 Å². The fourth-order valence-corrected chi connectivity index (χ4v) is 10.0. The van der Waals surface area contributed by atoms with Gasteiger partial charge in [0.05, 0.1) is 11.4 Å². The van der Waals surface area contributed by atoms with Crippen LogP contribution in [-0.2, 0) is 0 Å². The van der Waals surface area contributed by atoms with Crippen molar-refractivity contribution in [2.45, 2.75) is 58.8 Å². The molecule has 0 atom stereocenters. The predicted octanol–water partition coefficient (Wildman–Crippen LogP) is 13.7. The second-order valence-corrected chi connectivity index (χ2v) is 16.5. The number of rotatable bonds is 6. The third-order valence-corrected chi connectivity index (χ3v) is 12.9. The van der Waals surface area contributed by atoms with Crippen molar-refractivity contribution in [2.75, 3.05) is 0 Å². The molecule has 2 nitrogen and oxygen atoms in total. The van der Waals surface area contributed by atoms with Crippen molar-refractivity contribution < 1.29 is 35.0 Å². The SMILES string of the molecule is CCC1=C(C)/C(=C/c2c3ccccc3c(C#Cc3ccc(-c4cc(C5=C(c6c(C)sc7ccccc67)C(F)(F)C(F)(F)C5(F)F)c(C)s4)cc3)n2B(F)F)N=C1C. The van der Waals surface area contributed by atoms with Crippen molar-refractivity contribution in [3.63, 3.8) is 0 Å². The fraction of sp³-hybridized carbons (Fsp3) is 0.205. The summed E-state index contributed by atoms with van der Waals surface area (Å²) < 4.78 is 125. The lowest BCUT2D eigenvalue weighted by atomic mass is 9.93. The molecule has 4 heterocycles. The maximum Gasteiger partial charge on any atom is 0.678 e. The standard InChI is InChI=1S/C44H31BF8N2S2/c1-6-29-23(2)34(54-24(29)3)22-36-31-12-8-7-11-30(31)35(55(36)45(52)53)20-17-27-15-18-28(19-16-27)38-21-33(25(4)56-38)40-41(43(48,49)44(50,51)42(40,46)47)39-26(5)57-37-14-10-9-13-32(37)39/h7-16,18-19,21-22H,6H2,1-5H3/b34-22-. The van der Waals surface area contributed by atoms with Crippen LogP contribution in [0.3, 0.4) is 0 Å². The van der Waals surface area contributed by atoms with Gasteiger partial charge in [0, 0.05) is 69.2 Å². The summed E-state index contributed by atoms with van der Waals surface area (Å²) in [5.74, 6) is -10.1. The summed E-state index contributed by atoms with van der Waals surface area (Å²) in [4.78, 5) is 5.40. The Kier molecular flexibility index (Phi) is 9.32. The molecular weight excluding hydrogens is 783 g/mol. The van der Waals surface area contributed by atoms with E-state index in [1.54, 1.807) is 72.8 Å². The first kappa shape index (κ1) is 38.7. The van der Waals surface area contributed by atoms with E-state index in [1.807, 2.05) is 20.8 Å². The van der Waals surface area contributed by atoms with Crippen LogP contribution in [0.15, 0.2) is 101 Å². The Hall–Kier alpha value is -5.19. The maximum absolute atomic E-state index is 15.8. The zero-order valence-corrected chi connectivity index (χ0v) is 32.7. The molecule has 288 valence electrons. The largest absolute Gasteiger partial charge is 0.678 e. The minimum atomic E-state index is -5.68. The lowest BCUT2D eigenvalue weighted by molar-refractivity contribution is -0.254. The molecule has 0 bridgehead atoms. The molecule has 2 aliphatic rings. The molecule has 3 aromatic carbocycles. The van der Waals surface area contributed by atoms with Crippen LogP contribution in [0.5, 0.6) is 0 Å². The molecule has 0 saturated heterocycles. The lowest BCUT2D eigenvalue weighted by Gasteiger charge is -2.25. The highest BCUT2D eigenvalue weighted by atomic mass is 32.1. The molecule has 13 heteroatoms. The van der Waals surface area contributed by atoms with Gasteiger partial charge in [0.15, 0.2) is 0 Å². The van der Waals surface area contributed by atoms with Crippen LogP contribution < -0.4 is 0 Å². The second-order valence-electron chi connectivity index (χ2n) is 14.0. The highest BCUT2D eigenvalue weighted by Gasteiger charge is 2.80. The molecule has 0 unspecified atom stereocenters. The number of thiophene rings is 2. The monoisotopic (exact) mass is 814 g/mol. The molecule has 0 radical (unpaired) electrons. The number of fused-ring (bicyclic) bond motifs is 2. The van der Waals surface area contributed by atoms with Gasteiger partial charge in [-0.15, -0.1) is 22.7 Å². The molecule has 0 spiro atoms. The Morgan fingerprint density at radius 1 is 0.754 bits per heavy atom. The van der Waals surface area contributed by atoms with Crippen LogP contribution in [-0.4, -0.2) is 35.4 Å². The van der Waals surface area contributed by atoms with Gasteiger partial charge in [0.2, 0.25) is 0 Å². The Labute approximate surface area is 331 Å². The average Bonchev–Trinajstić information content (AvgIpc) is 3.90. The molecule has 8 rings (SSSR count). The number of alkyl halides is 6. The zero-order valence-electron chi connectivity index (χ0n) is 31.1. The predicted molar refractivity (Wildman–Crippen MR) is 218 cm³/mol. The number of hydrogen-bond donors (Lipinski definition) is 0. The number of hydrogen-bond acceptors (Lipinski definition) is 3. The number of halogens is 8. The number of aryl methyl sites for hydroxylation is 2. The Bertz CT molecular complexity index is 2840. The molecule has 0 amide bonds. The highest BCUT2D eigenvalue weighted by molar-refractivity contribution is 7.19. The van der Waals surface area contributed by atoms with Gasteiger partial charge in [0.1, 0.15) is 0 Å². The van der Waals surface area contributed by atoms with E-state index in [2.05, 4.69) is 16.8 Å². The summed E-state index contributed by atoms with van der Waals surface area (Å²) in [5, 5.41) is 1.32. The lowest BCUT2D eigenvalue weighted by Crippen LogP contribution is -2.48. The number of benzene rings is 3. The van der Waals surface area contributed by atoms with E-state index in [0.29, 0.717) is 37.2 Å². The van der Waals surface area contributed by atoms with Gasteiger partial charge in [-0.3, -0.25) is 13.6 Å². The number of allylic oxidation sites excluding steroid dienone is 4. The Morgan fingerprint density at radius 2 is 1.39 bits per heavy atom. The van der Waals surface area contributed by atoms with E-state index in [-0.39, 0.29) is 37.7 Å². The van der Waals surface area contributed by atoms with Gasteiger partial charge in [-0.1, -0.05) is 67.4 Å². The third kappa shape index (κ3) is 5.85. The van der Waals surface area contributed by atoms with E-state index in [1.165, 1.54) is 26.0 Å². The van der Waals surface area contributed by atoms with Crippen molar-refractivity contribution >= 4 is 73.9 Å². The summed E-state index contributed by atoms with van der Waals surface area (Å²) in [7, 11) is -2.92. The average molecular weight is 815 g/mol. The summed E-state index contributed by atoms with van der Waals surface area (Å²) in [6.45, 7) is 8.73. The molecule has 0 saturated carbocycles. The molecule has 1 aliphatic carbocycles. The molecule has 1 aliphatic heterocycles. The van der Waals surface area contributed by atoms with Crippen molar-refractivity contribution in [1.82, 2.24) is 4.48 Å². The Balaban J connectivity index is 1.19. The van der Waals surface area contributed by atoms with Crippen molar-refractivity contribution in [3.8, 4) is 22.3 Å². The summed E-state index contributed by atoms with van der Waals surface area (Å²) >= 11 is 2.08. The normalized spacial score (nSPS) is 17.9. The number of aromatic nitrogens is 1. The van der Waals surface area contributed by atoms with Crippen molar-refractivity contribution in [3.05, 3.63) is 134 Å². The first-order chi connectivity index (χ1) is 27.0. The third-order valence-electron chi connectivity index (χ3n) is 10.7. The van der Waals surface area contributed by atoms with E-state index >= 15 is 26.3 Å². The molecule has 57 heavy (non-hydrogen) atoms. The number of aliphatic imine (C=N–C) groups is 1. The van der Waals surface area contributed by atoms with Gasteiger partial charge in [0.25, 0.3) is 0 Å². The molecule has 6 aromatic rings. The van der Waals surface area contributed by atoms with Crippen LogP contribution in [0.2, 0.25) is 0 Å². The zero-order chi connectivity index (χ0) is 40.8. The van der Waals surface area contributed by atoms with Crippen LogP contribution in [0.25, 0.3) is 48.5 Å². The minimum Gasteiger partial charge on any atom is -0.318 e. The van der Waals surface area contributed by atoms with Crippen molar-refractivity contribution in [2.24, 2.45) is 4.99 Å². The van der Waals surface area contributed by atoms with E-state index in [0.717, 1.165) is 50.4 Å². The Morgan fingerprint density at radius 3 is 2.04 bits per heavy atom.